The summed E-state index contributed by atoms with van der Waals surface area (Å²) in [5, 5.41) is 30.6. The minimum Gasteiger partial charge on any atom is -0.390 e. The lowest BCUT2D eigenvalue weighted by atomic mass is 10.1. The van der Waals surface area contributed by atoms with E-state index in [1.54, 1.807) is 0 Å². The fourth-order valence-corrected chi connectivity index (χ4v) is 7.74. The number of aryl methyl sites for hydroxylation is 1. The molecule has 23 nitrogen and oxygen atoms in total. The van der Waals surface area contributed by atoms with Gasteiger partial charge in [0.1, 0.15) is 30.6 Å². The highest BCUT2D eigenvalue weighted by atomic mass is 31.3. The first-order chi connectivity index (χ1) is 20.8. The minimum absolute atomic E-state index is 0.140. The van der Waals surface area contributed by atoms with Crippen LogP contribution in [0, 0.1) is 6.92 Å². The molecule has 2 fully saturated rings. The molecule has 0 aromatic carbocycles. The van der Waals surface area contributed by atoms with Gasteiger partial charge in [-0.3, -0.25) is 37.7 Å². The van der Waals surface area contributed by atoms with Gasteiger partial charge in [-0.25, -0.2) is 23.3 Å². The molecule has 2 saturated heterocycles. The van der Waals surface area contributed by atoms with Gasteiger partial charge in [0.25, 0.3) is 11.1 Å². The Morgan fingerprint density at radius 3 is 2.02 bits per heavy atom. The van der Waals surface area contributed by atoms with E-state index in [1.165, 1.54) is 6.92 Å². The molecule has 45 heavy (non-hydrogen) atoms. The molecule has 3 unspecified atom stereocenters. The highest BCUT2D eigenvalue weighted by Crippen LogP contribution is 2.67. The molecule has 10 atom stereocenters. The summed E-state index contributed by atoms with van der Waals surface area (Å²) in [7, 11) is -17.2. The Hall–Kier alpha value is -2.43. The molecule has 2 aliphatic rings. The van der Waals surface area contributed by atoms with Crippen molar-refractivity contribution in [3.8, 4) is 0 Å². The predicted molar refractivity (Wildman–Crippen MR) is 141 cm³/mol. The van der Waals surface area contributed by atoms with Gasteiger partial charge in [0.15, 0.2) is 6.23 Å². The van der Waals surface area contributed by atoms with E-state index < -0.39 is 102 Å². The molecule has 8 N–H and O–H groups in total. The average molecular weight is 708 g/mol. The molecule has 0 bridgehead atoms. The van der Waals surface area contributed by atoms with Crippen molar-refractivity contribution in [2.45, 2.75) is 56.3 Å². The predicted octanol–water partition coefficient (Wildman–Crippen LogP) is -2.97. The monoisotopic (exact) mass is 708 g/mol. The van der Waals surface area contributed by atoms with Gasteiger partial charge in [-0.05, 0) is 6.92 Å². The molecule has 26 heteroatoms. The second-order valence-corrected chi connectivity index (χ2v) is 14.3. The van der Waals surface area contributed by atoms with E-state index in [2.05, 4.69) is 17.7 Å². The van der Waals surface area contributed by atoms with Crippen LogP contribution in [0.4, 0.5) is 0 Å². The van der Waals surface area contributed by atoms with Crippen molar-refractivity contribution >= 4 is 23.5 Å². The maximum absolute atomic E-state index is 12.3. The molecule has 2 aromatic rings. The lowest BCUT2D eigenvalue weighted by Gasteiger charge is -2.21. The fraction of sp³-hybridized carbons (Fsp3) is 0.579. The van der Waals surface area contributed by atoms with Crippen molar-refractivity contribution in [2.24, 2.45) is 0 Å². The maximum Gasteiger partial charge on any atom is 0.490 e. The number of aromatic nitrogens is 4. The van der Waals surface area contributed by atoms with Crippen LogP contribution in [0.15, 0.2) is 37.6 Å². The summed E-state index contributed by atoms with van der Waals surface area (Å²) in [6, 6.07) is 0.906. The summed E-state index contributed by atoms with van der Waals surface area (Å²) in [4.78, 5) is 80.2. The number of ether oxygens (including phenoxy) is 2. The first kappa shape index (κ1) is 35.4. The quantitative estimate of drug-likeness (QED) is 0.102. The molecule has 2 aromatic heterocycles. The van der Waals surface area contributed by atoms with Crippen LogP contribution in [0.25, 0.3) is 0 Å². The number of aliphatic hydroxyl groups is 3. The molecule has 4 rings (SSSR count). The Morgan fingerprint density at radius 2 is 1.42 bits per heavy atom. The summed E-state index contributed by atoms with van der Waals surface area (Å²) >= 11 is 0. The Labute approximate surface area is 249 Å². The molecule has 0 saturated carbocycles. The molecule has 0 aliphatic carbocycles. The van der Waals surface area contributed by atoms with Gasteiger partial charge in [0.05, 0.1) is 19.3 Å². The Kier molecular flexibility index (Phi) is 10.5. The first-order valence-corrected chi connectivity index (χ1v) is 16.9. The highest BCUT2D eigenvalue weighted by Gasteiger charge is 2.47. The van der Waals surface area contributed by atoms with Crippen LogP contribution in [0.3, 0.4) is 0 Å². The van der Waals surface area contributed by atoms with Gasteiger partial charge in [-0.15, -0.1) is 0 Å². The van der Waals surface area contributed by atoms with E-state index in [0.29, 0.717) is 4.57 Å². The van der Waals surface area contributed by atoms with E-state index in [9.17, 15) is 62.9 Å². The largest absolute Gasteiger partial charge is 0.490 e. The van der Waals surface area contributed by atoms with E-state index in [4.69, 9.17) is 9.47 Å². The third kappa shape index (κ3) is 8.69. The summed E-state index contributed by atoms with van der Waals surface area (Å²) in [6.45, 7) is -0.671. The number of hydrogen-bond donors (Lipinski definition) is 8. The van der Waals surface area contributed by atoms with E-state index in [-0.39, 0.29) is 12.0 Å². The number of phosphoric ester groups is 2. The SMILES string of the molecule is Cc1cn([C@H]2C[C@H](O)[C@@H](COP(=O)(O)OP(=O)(O)OP(=O)(O)OC[C@H]3O[C@@H](n4ccc(=O)[nH]c4=O)[C@H](O)[C@@H]3O)O2)c(=O)[nH]c1=O. The number of nitrogens with one attached hydrogen (secondary N) is 2. The molecule has 0 radical (unpaired) electrons. The fourth-order valence-electron chi connectivity index (χ4n) is 4.22. The lowest BCUT2D eigenvalue weighted by molar-refractivity contribution is -0.0543. The summed E-state index contributed by atoms with van der Waals surface area (Å²) in [5.41, 5.74) is -3.19. The van der Waals surface area contributed by atoms with Crippen molar-refractivity contribution in [2.75, 3.05) is 13.2 Å². The summed E-state index contributed by atoms with van der Waals surface area (Å²) < 4.78 is 65.9. The molecule has 252 valence electrons. The lowest BCUT2D eigenvalue weighted by Crippen LogP contribution is -2.37. The molecule has 2 aliphatic heterocycles. The Morgan fingerprint density at radius 1 is 0.844 bits per heavy atom. The van der Waals surface area contributed by atoms with E-state index >= 15 is 0 Å². The number of aromatic amines is 2. The van der Waals surface area contributed by atoms with Crippen molar-refractivity contribution in [1.82, 2.24) is 19.1 Å². The van der Waals surface area contributed by atoms with Crippen LogP contribution >= 0.6 is 23.5 Å². The third-order valence-electron chi connectivity index (χ3n) is 6.34. The third-order valence-corrected chi connectivity index (χ3v) is 10.6. The maximum atomic E-state index is 12.3. The number of rotatable bonds is 12. The smallest absolute Gasteiger partial charge is 0.390 e. The van der Waals surface area contributed by atoms with Crippen LogP contribution in [0.1, 0.15) is 24.4 Å². The first-order valence-electron chi connectivity index (χ1n) is 12.5. The van der Waals surface area contributed by atoms with Gasteiger partial charge >= 0.3 is 34.8 Å². The van der Waals surface area contributed by atoms with Gasteiger partial charge in [-0.1, -0.05) is 0 Å². The van der Waals surface area contributed by atoms with Crippen molar-refractivity contribution < 1.29 is 70.8 Å². The number of aliphatic hydroxyl groups excluding tert-OH is 3. The Bertz CT molecular complexity index is 1790. The van der Waals surface area contributed by atoms with Crippen LogP contribution in [-0.4, -0.2) is 92.8 Å². The second kappa shape index (κ2) is 13.4. The zero-order valence-corrected chi connectivity index (χ0v) is 25.3. The zero-order valence-electron chi connectivity index (χ0n) is 22.6. The van der Waals surface area contributed by atoms with Crippen molar-refractivity contribution in [3.05, 3.63) is 65.7 Å². The number of H-pyrrole nitrogens is 2. The van der Waals surface area contributed by atoms with E-state index in [0.717, 1.165) is 23.0 Å². The van der Waals surface area contributed by atoms with Crippen LogP contribution in [-0.2, 0) is 40.8 Å². The van der Waals surface area contributed by atoms with Crippen LogP contribution in [0.2, 0.25) is 0 Å². The molecular formula is C19H27N4O19P3. The normalized spacial score (nSPS) is 30.9. The molecule has 4 heterocycles. The molecule has 0 spiro atoms. The average Bonchev–Trinajstić information content (AvgIpc) is 3.41. The molecule has 0 amide bonds. The van der Waals surface area contributed by atoms with Gasteiger partial charge < -0.3 is 39.5 Å². The van der Waals surface area contributed by atoms with Crippen LogP contribution in [0.5, 0.6) is 0 Å². The summed E-state index contributed by atoms with van der Waals surface area (Å²) in [5.74, 6) is 0. The number of hydrogen-bond acceptors (Lipinski definition) is 16. The minimum atomic E-state index is -5.94. The highest BCUT2D eigenvalue weighted by molar-refractivity contribution is 7.66. The number of phosphoric acid groups is 3. The van der Waals surface area contributed by atoms with Crippen LogP contribution < -0.4 is 22.5 Å². The van der Waals surface area contributed by atoms with Gasteiger partial charge in [-0.2, -0.15) is 8.62 Å². The Balaban J connectivity index is 1.30. The van der Waals surface area contributed by atoms with Gasteiger partial charge in [0.2, 0.25) is 0 Å². The molecular weight excluding hydrogens is 681 g/mol. The van der Waals surface area contributed by atoms with Gasteiger partial charge in [0, 0.05) is 30.4 Å². The summed E-state index contributed by atoms with van der Waals surface area (Å²) in [6.07, 6.45) is -8.98. The number of nitrogens with zero attached hydrogens (tertiary/aromatic N) is 2. The second-order valence-electron chi connectivity index (χ2n) is 9.64. The van der Waals surface area contributed by atoms with E-state index in [1.807, 2.05) is 9.97 Å². The standard InChI is InChI=1S/C19H27N4O19P3/c1-8-5-23(19(30)21-16(8)28)13-4-9(24)10(39-13)6-37-43(31,32)41-45(35,36)42-44(33,34)38-7-11-14(26)15(27)17(40-11)22-3-2-12(25)20-18(22)29/h2-3,5,9-11,13-15,17,24,26-27H,4,6-7H2,1H3,(H,31,32)(H,33,34)(H,35,36)(H,20,25,29)(H,21,28,30)/t9-,10+,11+,13+,14+,15+,17+/m0/s1. The topological polar surface area (TPSA) is 338 Å². The van der Waals surface area contributed by atoms with Crippen molar-refractivity contribution in [1.29, 1.82) is 0 Å². The van der Waals surface area contributed by atoms with Crippen molar-refractivity contribution in [3.63, 3.8) is 0 Å². The zero-order chi connectivity index (χ0) is 33.5.